The fraction of sp³-hybridized carbons (Fsp3) is 0.500. The van der Waals surface area contributed by atoms with Gasteiger partial charge in [-0.05, 0) is 31.0 Å². The van der Waals surface area contributed by atoms with Crippen LogP contribution >= 0.6 is 0 Å². The lowest BCUT2D eigenvalue weighted by Crippen LogP contribution is -2.19. The number of aliphatic hydroxyl groups excluding tert-OH is 1. The SMILES string of the molecule is CCc1nc2ccc(C(=O)O)cc2n1C1CCCC1CO. The number of aromatic nitrogens is 2. The molecule has 3 rings (SSSR count). The largest absolute Gasteiger partial charge is 0.478 e. The van der Waals surface area contributed by atoms with E-state index in [1.807, 2.05) is 0 Å². The van der Waals surface area contributed by atoms with Crippen LogP contribution in [0.3, 0.4) is 0 Å². The van der Waals surface area contributed by atoms with Gasteiger partial charge in [-0.15, -0.1) is 0 Å². The molecule has 2 unspecified atom stereocenters. The Morgan fingerprint density at radius 2 is 2.24 bits per heavy atom. The average Bonchev–Trinajstić information content (AvgIpc) is 3.08. The van der Waals surface area contributed by atoms with Gasteiger partial charge in [0.1, 0.15) is 5.82 Å². The van der Waals surface area contributed by atoms with Crippen LogP contribution in [0.15, 0.2) is 18.2 Å². The number of benzene rings is 1. The average molecular weight is 288 g/mol. The third-order valence-corrected chi connectivity index (χ3v) is 4.51. The molecule has 0 radical (unpaired) electrons. The normalized spacial score (nSPS) is 22.0. The number of carboxylic acid groups (broad SMARTS) is 1. The summed E-state index contributed by atoms with van der Waals surface area (Å²) in [4.78, 5) is 15.8. The summed E-state index contributed by atoms with van der Waals surface area (Å²) in [7, 11) is 0. The van der Waals surface area contributed by atoms with Crippen molar-refractivity contribution in [3.05, 3.63) is 29.6 Å². The number of aliphatic hydroxyl groups is 1. The van der Waals surface area contributed by atoms with Crippen LogP contribution in [0.25, 0.3) is 11.0 Å². The van der Waals surface area contributed by atoms with Crippen LogP contribution in [-0.2, 0) is 6.42 Å². The van der Waals surface area contributed by atoms with Crippen molar-refractivity contribution in [2.75, 3.05) is 6.61 Å². The summed E-state index contributed by atoms with van der Waals surface area (Å²) < 4.78 is 2.16. The number of aryl methyl sites for hydroxylation is 1. The number of carbonyl (C=O) groups is 1. The summed E-state index contributed by atoms with van der Waals surface area (Å²) in [5.41, 5.74) is 1.99. The van der Waals surface area contributed by atoms with E-state index < -0.39 is 5.97 Å². The highest BCUT2D eigenvalue weighted by molar-refractivity contribution is 5.92. The maximum Gasteiger partial charge on any atom is 0.335 e. The van der Waals surface area contributed by atoms with Crippen LogP contribution < -0.4 is 0 Å². The maximum atomic E-state index is 11.2. The predicted molar refractivity (Wildman–Crippen MR) is 79.5 cm³/mol. The lowest BCUT2D eigenvalue weighted by molar-refractivity contribution is 0.0697. The Hall–Kier alpha value is -1.88. The zero-order valence-electron chi connectivity index (χ0n) is 12.1. The second-order valence-corrected chi connectivity index (χ2v) is 5.70. The summed E-state index contributed by atoms with van der Waals surface area (Å²) in [6, 6.07) is 5.30. The smallest absolute Gasteiger partial charge is 0.335 e. The Labute approximate surface area is 123 Å². The van der Waals surface area contributed by atoms with Crippen LogP contribution in [0.4, 0.5) is 0 Å². The van der Waals surface area contributed by atoms with E-state index >= 15 is 0 Å². The van der Waals surface area contributed by atoms with E-state index in [1.165, 1.54) is 0 Å². The van der Waals surface area contributed by atoms with E-state index in [0.29, 0.717) is 0 Å². The molecule has 1 aromatic carbocycles. The molecule has 1 aliphatic rings. The van der Waals surface area contributed by atoms with Crippen molar-refractivity contribution in [3.8, 4) is 0 Å². The van der Waals surface area contributed by atoms with Crippen molar-refractivity contribution in [1.82, 2.24) is 9.55 Å². The highest BCUT2D eigenvalue weighted by Crippen LogP contribution is 2.38. The highest BCUT2D eigenvalue weighted by Gasteiger charge is 2.30. The number of hydrogen-bond donors (Lipinski definition) is 2. The molecule has 5 heteroatoms. The van der Waals surface area contributed by atoms with Crippen LogP contribution in [0.2, 0.25) is 0 Å². The minimum Gasteiger partial charge on any atom is -0.478 e. The van der Waals surface area contributed by atoms with Crippen molar-refractivity contribution >= 4 is 17.0 Å². The number of aromatic carboxylic acids is 1. The molecule has 21 heavy (non-hydrogen) atoms. The van der Waals surface area contributed by atoms with E-state index in [-0.39, 0.29) is 24.1 Å². The monoisotopic (exact) mass is 288 g/mol. The van der Waals surface area contributed by atoms with Crippen LogP contribution in [0, 0.1) is 5.92 Å². The van der Waals surface area contributed by atoms with Crippen LogP contribution in [0.1, 0.15) is 48.4 Å². The van der Waals surface area contributed by atoms with Crippen molar-refractivity contribution in [2.45, 2.75) is 38.6 Å². The Morgan fingerprint density at radius 3 is 2.90 bits per heavy atom. The van der Waals surface area contributed by atoms with Crippen LogP contribution in [0.5, 0.6) is 0 Å². The van der Waals surface area contributed by atoms with E-state index in [1.54, 1.807) is 18.2 Å². The molecule has 1 saturated carbocycles. The molecule has 0 spiro atoms. The first-order valence-electron chi connectivity index (χ1n) is 7.50. The molecule has 0 aliphatic heterocycles. The zero-order chi connectivity index (χ0) is 15.0. The minimum absolute atomic E-state index is 0.173. The second-order valence-electron chi connectivity index (χ2n) is 5.70. The van der Waals surface area contributed by atoms with E-state index in [2.05, 4.69) is 16.5 Å². The summed E-state index contributed by atoms with van der Waals surface area (Å²) in [5, 5.41) is 18.8. The molecule has 2 atom stereocenters. The van der Waals surface area contributed by atoms with E-state index in [4.69, 9.17) is 0 Å². The van der Waals surface area contributed by atoms with Crippen LogP contribution in [-0.4, -0.2) is 32.3 Å². The number of nitrogens with zero attached hydrogens (tertiary/aromatic N) is 2. The second kappa shape index (κ2) is 5.48. The van der Waals surface area contributed by atoms with Gasteiger partial charge < -0.3 is 14.8 Å². The maximum absolute atomic E-state index is 11.2. The van der Waals surface area contributed by atoms with Gasteiger partial charge >= 0.3 is 5.97 Å². The highest BCUT2D eigenvalue weighted by atomic mass is 16.4. The molecule has 1 aliphatic carbocycles. The molecule has 112 valence electrons. The lowest BCUT2D eigenvalue weighted by Gasteiger charge is -2.22. The quantitative estimate of drug-likeness (QED) is 0.907. The third-order valence-electron chi connectivity index (χ3n) is 4.51. The first-order chi connectivity index (χ1) is 10.2. The topological polar surface area (TPSA) is 75.3 Å². The third kappa shape index (κ3) is 2.31. The van der Waals surface area contributed by atoms with Gasteiger partial charge in [0.05, 0.1) is 16.6 Å². The Bertz CT molecular complexity index is 677. The molecule has 2 aromatic rings. The fourth-order valence-corrected chi connectivity index (χ4v) is 3.47. The fourth-order valence-electron chi connectivity index (χ4n) is 3.47. The van der Waals surface area contributed by atoms with Gasteiger partial charge in [0.2, 0.25) is 0 Å². The molecule has 0 bridgehead atoms. The van der Waals surface area contributed by atoms with Gasteiger partial charge in [-0.3, -0.25) is 0 Å². The molecule has 0 amide bonds. The van der Waals surface area contributed by atoms with Gasteiger partial charge in [0.15, 0.2) is 0 Å². The predicted octanol–water partition coefficient (Wildman–Crippen LogP) is 2.63. The van der Waals surface area contributed by atoms with E-state index in [9.17, 15) is 15.0 Å². The Morgan fingerprint density at radius 1 is 1.43 bits per heavy atom. The Balaban J connectivity index is 2.18. The number of hydrogen-bond acceptors (Lipinski definition) is 3. The first kappa shape index (κ1) is 14.1. The van der Waals surface area contributed by atoms with Crippen molar-refractivity contribution < 1.29 is 15.0 Å². The lowest BCUT2D eigenvalue weighted by atomic mass is 10.0. The van der Waals surface area contributed by atoms with E-state index in [0.717, 1.165) is 42.5 Å². The van der Waals surface area contributed by atoms with Gasteiger partial charge in [-0.2, -0.15) is 0 Å². The molecule has 5 nitrogen and oxygen atoms in total. The molecule has 0 saturated heterocycles. The first-order valence-corrected chi connectivity index (χ1v) is 7.50. The standard InChI is InChI=1S/C16H20N2O3/c1-2-15-17-12-7-6-10(16(20)21)8-14(12)18(15)13-5-3-4-11(13)9-19/h6-8,11,13,19H,2-5,9H2,1H3,(H,20,21). The molecule has 1 heterocycles. The summed E-state index contributed by atoms with van der Waals surface area (Å²) >= 11 is 0. The number of carboxylic acids is 1. The number of fused-ring (bicyclic) bond motifs is 1. The van der Waals surface area contributed by atoms with Crippen molar-refractivity contribution in [2.24, 2.45) is 5.92 Å². The van der Waals surface area contributed by atoms with Gasteiger partial charge in [-0.1, -0.05) is 13.3 Å². The summed E-state index contributed by atoms with van der Waals surface area (Å²) in [6.45, 7) is 2.23. The summed E-state index contributed by atoms with van der Waals surface area (Å²) in [6.07, 6.45) is 3.92. The van der Waals surface area contributed by atoms with Gasteiger partial charge in [0.25, 0.3) is 0 Å². The Kier molecular flexibility index (Phi) is 3.68. The zero-order valence-corrected chi connectivity index (χ0v) is 12.1. The molecule has 2 N–H and O–H groups in total. The molecular weight excluding hydrogens is 268 g/mol. The molecular formula is C16H20N2O3. The number of imidazole rings is 1. The minimum atomic E-state index is -0.923. The molecule has 1 fully saturated rings. The van der Waals surface area contributed by atoms with Crippen molar-refractivity contribution in [1.29, 1.82) is 0 Å². The summed E-state index contributed by atoms with van der Waals surface area (Å²) in [5.74, 6) is 0.284. The van der Waals surface area contributed by atoms with Gasteiger partial charge in [-0.25, -0.2) is 9.78 Å². The van der Waals surface area contributed by atoms with Gasteiger partial charge in [0, 0.05) is 25.0 Å². The molecule has 1 aromatic heterocycles. The van der Waals surface area contributed by atoms with Crippen molar-refractivity contribution in [3.63, 3.8) is 0 Å². The number of rotatable bonds is 4.